The van der Waals surface area contributed by atoms with Crippen LogP contribution in [-0.4, -0.2) is 17.1 Å². The topological polar surface area (TPSA) is 84.2 Å². The molecule has 0 aliphatic heterocycles. The highest BCUT2D eigenvalue weighted by Gasteiger charge is 2.30. The second-order valence-electron chi connectivity index (χ2n) is 5.66. The lowest BCUT2D eigenvalue weighted by Gasteiger charge is -2.07. The van der Waals surface area contributed by atoms with E-state index in [9.17, 15) is 22.8 Å². The highest BCUT2D eigenvalue weighted by Crippen LogP contribution is 2.31. The van der Waals surface area contributed by atoms with E-state index in [1.165, 1.54) is 30.3 Å². The Labute approximate surface area is 171 Å². The van der Waals surface area contributed by atoms with Gasteiger partial charge in [-0.3, -0.25) is 15.4 Å². The molecule has 0 aliphatic rings. The number of halogens is 5. The molecular weight excluding hydrogens is 434 g/mol. The van der Waals surface area contributed by atoms with Crippen molar-refractivity contribution in [1.82, 2.24) is 10.5 Å². The van der Waals surface area contributed by atoms with Crippen molar-refractivity contribution in [2.45, 2.75) is 6.18 Å². The van der Waals surface area contributed by atoms with Gasteiger partial charge in [-0.25, -0.2) is 4.79 Å². The van der Waals surface area contributed by atoms with Gasteiger partial charge in [0.25, 0.3) is 5.91 Å². The van der Waals surface area contributed by atoms with E-state index in [1.807, 2.05) is 5.32 Å². The van der Waals surface area contributed by atoms with Gasteiger partial charge >= 0.3 is 12.2 Å². The molecule has 11 heteroatoms. The average molecular weight is 444 g/mol. The zero-order valence-corrected chi connectivity index (χ0v) is 15.7. The molecule has 3 rings (SSSR count). The number of benzene rings is 2. The van der Waals surface area contributed by atoms with Crippen LogP contribution in [0.25, 0.3) is 11.3 Å². The molecule has 3 amide bonds. The Morgan fingerprint density at radius 3 is 2.21 bits per heavy atom. The van der Waals surface area contributed by atoms with Gasteiger partial charge in [-0.15, -0.1) is 0 Å². The van der Waals surface area contributed by atoms with Crippen molar-refractivity contribution in [3.63, 3.8) is 0 Å². The molecule has 150 valence electrons. The van der Waals surface area contributed by atoms with E-state index in [1.54, 1.807) is 6.07 Å². The highest BCUT2D eigenvalue weighted by molar-refractivity contribution is 6.40. The molecule has 6 nitrogen and oxygen atoms in total. The van der Waals surface area contributed by atoms with Crippen molar-refractivity contribution in [3.05, 3.63) is 69.7 Å². The molecule has 1 heterocycles. The predicted molar refractivity (Wildman–Crippen MR) is 99.9 cm³/mol. The largest absolute Gasteiger partial charge is 0.416 e. The van der Waals surface area contributed by atoms with Crippen LogP contribution in [0.3, 0.4) is 0 Å². The lowest BCUT2D eigenvalue weighted by Crippen LogP contribution is -2.34. The molecule has 0 bridgehead atoms. The smallest absolute Gasteiger partial charge is 0.338 e. The molecule has 0 radical (unpaired) electrons. The van der Waals surface area contributed by atoms with Crippen molar-refractivity contribution in [1.29, 1.82) is 0 Å². The highest BCUT2D eigenvalue weighted by atomic mass is 35.5. The summed E-state index contributed by atoms with van der Waals surface area (Å²) in [5, 5.41) is 8.07. The van der Waals surface area contributed by atoms with Crippen LogP contribution in [0, 0.1) is 0 Å². The third-order valence-corrected chi connectivity index (χ3v) is 4.30. The van der Waals surface area contributed by atoms with Gasteiger partial charge in [0.1, 0.15) is 5.69 Å². The van der Waals surface area contributed by atoms with Gasteiger partial charge < -0.3 is 4.52 Å². The molecule has 0 fully saturated rings. The molecule has 0 unspecified atom stereocenters. The maximum Gasteiger partial charge on any atom is 0.416 e. The van der Waals surface area contributed by atoms with E-state index in [2.05, 4.69) is 10.5 Å². The number of amides is 3. The minimum Gasteiger partial charge on any atom is -0.338 e. The summed E-state index contributed by atoms with van der Waals surface area (Å²) in [5.74, 6) is -0.962. The number of hydrogen-bond acceptors (Lipinski definition) is 4. The number of urea groups is 1. The van der Waals surface area contributed by atoms with Crippen molar-refractivity contribution in [2.24, 2.45) is 0 Å². The molecule has 1 aromatic heterocycles. The number of nitrogens with one attached hydrogen (secondary N) is 2. The normalized spacial score (nSPS) is 11.2. The minimum atomic E-state index is -4.45. The first-order valence-corrected chi connectivity index (χ1v) is 8.61. The van der Waals surface area contributed by atoms with Crippen molar-refractivity contribution in [2.75, 3.05) is 5.32 Å². The van der Waals surface area contributed by atoms with Gasteiger partial charge in [0.15, 0.2) is 0 Å². The van der Waals surface area contributed by atoms with Crippen LogP contribution in [0.1, 0.15) is 15.9 Å². The first kappa shape index (κ1) is 20.7. The third-order valence-electron chi connectivity index (χ3n) is 3.67. The van der Waals surface area contributed by atoms with Crippen LogP contribution >= 0.6 is 23.2 Å². The fourth-order valence-corrected chi connectivity index (χ4v) is 2.89. The van der Waals surface area contributed by atoms with Crippen LogP contribution in [0.5, 0.6) is 0 Å². The number of nitrogens with zero attached hydrogens (tertiary/aromatic N) is 1. The summed E-state index contributed by atoms with van der Waals surface area (Å²) < 4.78 is 42.8. The summed E-state index contributed by atoms with van der Waals surface area (Å²) in [6, 6.07) is 8.99. The standard InChI is InChI=1S/C18H10Cl2F3N3O3/c19-11-2-1-3-12(20)15(11)16(27)25-17(28)24-14-8-13(26-29-14)9-4-6-10(7-5-9)18(21,22)23/h1-8H,(H2,24,25,27,28). The fraction of sp³-hybridized carbons (Fsp3) is 0.0556. The van der Waals surface area contributed by atoms with E-state index in [4.69, 9.17) is 27.7 Å². The lowest BCUT2D eigenvalue weighted by molar-refractivity contribution is -0.137. The van der Waals surface area contributed by atoms with E-state index in [-0.39, 0.29) is 27.2 Å². The number of hydrogen-bond donors (Lipinski definition) is 2. The zero-order chi connectivity index (χ0) is 21.2. The molecule has 29 heavy (non-hydrogen) atoms. The van der Waals surface area contributed by atoms with E-state index < -0.39 is 23.7 Å². The van der Waals surface area contributed by atoms with Gasteiger partial charge in [0.05, 0.1) is 21.2 Å². The Morgan fingerprint density at radius 1 is 1.00 bits per heavy atom. The van der Waals surface area contributed by atoms with Gasteiger partial charge in [0, 0.05) is 11.6 Å². The third kappa shape index (κ3) is 4.87. The number of rotatable bonds is 3. The maximum absolute atomic E-state index is 12.6. The predicted octanol–water partition coefficient (Wildman–Crippen LogP) is 5.63. The van der Waals surface area contributed by atoms with Crippen molar-refractivity contribution >= 4 is 41.0 Å². The number of alkyl halides is 3. The second-order valence-corrected chi connectivity index (χ2v) is 6.47. The molecule has 0 saturated carbocycles. The number of anilines is 1. The van der Waals surface area contributed by atoms with Crippen LogP contribution in [0.2, 0.25) is 10.0 Å². The van der Waals surface area contributed by atoms with Crippen molar-refractivity contribution < 1.29 is 27.3 Å². The summed E-state index contributed by atoms with van der Waals surface area (Å²) in [6.45, 7) is 0. The first-order valence-electron chi connectivity index (χ1n) is 7.86. The van der Waals surface area contributed by atoms with E-state index >= 15 is 0 Å². The van der Waals surface area contributed by atoms with Gasteiger partial charge in [-0.05, 0) is 24.3 Å². The summed E-state index contributed by atoms with van der Waals surface area (Å²) in [4.78, 5) is 24.1. The van der Waals surface area contributed by atoms with Crippen LogP contribution in [-0.2, 0) is 6.18 Å². The maximum atomic E-state index is 12.6. The first-order chi connectivity index (χ1) is 13.6. The van der Waals surface area contributed by atoms with Gasteiger partial charge in [-0.2, -0.15) is 13.2 Å². The quantitative estimate of drug-likeness (QED) is 0.549. The molecule has 0 saturated heterocycles. The van der Waals surface area contributed by atoms with E-state index in [0.29, 0.717) is 5.56 Å². The van der Waals surface area contributed by atoms with Gasteiger partial charge in [-0.1, -0.05) is 46.6 Å². The SMILES string of the molecule is O=C(NC(=O)c1c(Cl)cccc1Cl)Nc1cc(-c2ccc(C(F)(F)F)cc2)no1. The van der Waals surface area contributed by atoms with Crippen LogP contribution in [0.15, 0.2) is 53.1 Å². The summed E-state index contributed by atoms with van der Waals surface area (Å²) in [7, 11) is 0. The molecule has 2 N–H and O–H groups in total. The fourth-order valence-electron chi connectivity index (χ4n) is 2.32. The Kier molecular flexibility index (Phi) is 5.81. The molecule has 0 atom stereocenters. The Morgan fingerprint density at radius 2 is 1.62 bits per heavy atom. The van der Waals surface area contributed by atoms with Crippen LogP contribution < -0.4 is 10.6 Å². The molecule has 0 aliphatic carbocycles. The van der Waals surface area contributed by atoms with Crippen LogP contribution in [0.4, 0.5) is 23.8 Å². The number of carbonyl (C=O) groups is 2. The summed E-state index contributed by atoms with van der Waals surface area (Å²) >= 11 is 11.8. The van der Waals surface area contributed by atoms with E-state index in [0.717, 1.165) is 12.1 Å². The zero-order valence-electron chi connectivity index (χ0n) is 14.2. The second kappa shape index (κ2) is 8.14. The van der Waals surface area contributed by atoms with Gasteiger partial charge in [0.2, 0.25) is 5.88 Å². The average Bonchev–Trinajstić information content (AvgIpc) is 3.09. The Balaban J connectivity index is 1.67. The van der Waals surface area contributed by atoms with Crippen molar-refractivity contribution in [3.8, 4) is 11.3 Å². The molecular formula is C18H10Cl2F3N3O3. The molecule has 0 spiro atoms. The molecule has 2 aromatic carbocycles. The summed E-state index contributed by atoms with van der Waals surface area (Å²) in [5.41, 5.74) is -0.350. The number of aromatic nitrogens is 1. The Hall–Kier alpha value is -3.04. The Bertz CT molecular complexity index is 1050. The molecule has 3 aromatic rings. The number of carbonyl (C=O) groups excluding carboxylic acids is 2. The summed E-state index contributed by atoms with van der Waals surface area (Å²) in [6.07, 6.45) is -4.45. The minimum absolute atomic E-state index is 0.0621. The number of imide groups is 1. The lowest BCUT2D eigenvalue weighted by atomic mass is 10.1. The monoisotopic (exact) mass is 443 g/mol.